The van der Waals surface area contributed by atoms with Crippen molar-refractivity contribution in [2.45, 2.75) is 33.9 Å². The summed E-state index contributed by atoms with van der Waals surface area (Å²) in [4.78, 5) is 30.4. The first-order chi connectivity index (χ1) is 14.2. The van der Waals surface area contributed by atoms with Crippen molar-refractivity contribution in [3.05, 3.63) is 81.9 Å². The molecule has 0 aliphatic carbocycles. The summed E-state index contributed by atoms with van der Waals surface area (Å²) >= 11 is 0. The Bertz CT molecular complexity index is 1080. The average molecular weight is 406 g/mol. The lowest BCUT2D eigenvalue weighted by Crippen LogP contribution is -2.26. The summed E-state index contributed by atoms with van der Waals surface area (Å²) in [7, 11) is 3.34. The molecule has 0 bridgehead atoms. The molecule has 1 N–H and O–H groups in total. The lowest BCUT2D eigenvalue weighted by molar-refractivity contribution is 0.0820. The molecule has 0 saturated carbocycles. The van der Waals surface area contributed by atoms with Crippen LogP contribution >= 0.6 is 0 Å². The van der Waals surface area contributed by atoms with Crippen LogP contribution in [-0.2, 0) is 13.1 Å². The summed E-state index contributed by atoms with van der Waals surface area (Å²) in [6, 6.07) is 13.4. The lowest BCUT2D eigenvalue weighted by atomic mass is 10.1. The second-order valence-corrected chi connectivity index (χ2v) is 7.62. The minimum absolute atomic E-state index is 0.190. The molecule has 0 unspecified atom stereocenters. The van der Waals surface area contributed by atoms with Crippen molar-refractivity contribution in [3.8, 4) is 0 Å². The fourth-order valence-electron chi connectivity index (χ4n) is 3.27. The summed E-state index contributed by atoms with van der Waals surface area (Å²) in [5.41, 5.74) is 5.56. The van der Waals surface area contributed by atoms with Gasteiger partial charge in [-0.05, 0) is 50.1 Å². The Morgan fingerprint density at radius 2 is 1.77 bits per heavy atom. The maximum Gasteiger partial charge on any atom is 0.271 e. The Labute approximate surface area is 176 Å². The topological polar surface area (TPSA) is 80.1 Å². The van der Waals surface area contributed by atoms with Gasteiger partial charge in [0, 0.05) is 26.3 Å². The van der Waals surface area contributed by atoms with Crippen LogP contribution in [-0.4, -0.2) is 45.6 Å². The number of carbonyl (C=O) groups is 2. The van der Waals surface area contributed by atoms with Crippen molar-refractivity contribution in [1.29, 1.82) is 0 Å². The minimum atomic E-state index is -0.215. The average Bonchev–Trinajstić information content (AvgIpc) is 3.02. The van der Waals surface area contributed by atoms with Gasteiger partial charge in [-0.2, -0.15) is 5.10 Å². The van der Waals surface area contributed by atoms with Crippen molar-refractivity contribution in [1.82, 2.24) is 25.0 Å². The van der Waals surface area contributed by atoms with Gasteiger partial charge in [-0.25, -0.2) is 4.98 Å². The van der Waals surface area contributed by atoms with Crippen LogP contribution in [0.15, 0.2) is 42.5 Å². The van der Waals surface area contributed by atoms with E-state index in [1.807, 2.05) is 30.7 Å². The molecule has 2 heterocycles. The van der Waals surface area contributed by atoms with Gasteiger partial charge >= 0.3 is 0 Å². The SMILES string of the molecule is Cc1cc(C)n(Cc2cccc(CNC(=O)c3ccc(C(=O)N(C)C)nc3C)c2)n1. The summed E-state index contributed by atoms with van der Waals surface area (Å²) < 4.78 is 1.97. The standard InChI is InChI=1S/C23H27N5O2/c1-15-11-16(2)28(26-15)14-19-8-6-7-18(12-19)13-24-22(29)20-9-10-21(25-17(20)3)23(30)27(4)5/h6-12H,13-14H2,1-5H3,(H,24,29). The first-order valence-electron chi connectivity index (χ1n) is 9.81. The number of hydrogen-bond acceptors (Lipinski definition) is 4. The van der Waals surface area contributed by atoms with Crippen LogP contribution in [0.2, 0.25) is 0 Å². The third-order valence-corrected chi connectivity index (χ3v) is 4.84. The van der Waals surface area contributed by atoms with Crippen molar-refractivity contribution in [2.24, 2.45) is 0 Å². The number of nitrogens with one attached hydrogen (secondary N) is 1. The molecule has 1 aromatic carbocycles. The first kappa shape index (κ1) is 21.2. The van der Waals surface area contributed by atoms with E-state index in [1.54, 1.807) is 33.2 Å². The van der Waals surface area contributed by atoms with E-state index in [2.05, 4.69) is 33.6 Å². The maximum atomic E-state index is 12.6. The minimum Gasteiger partial charge on any atom is -0.348 e. The Morgan fingerprint density at radius 3 is 2.40 bits per heavy atom. The Morgan fingerprint density at radius 1 is 1.03 bits per heavy atom. The molecule has 0 spiro atoms. The second-order valence-electron chi connectivity index (χ2n) is 7.62. The highest BCUT2D eigenvalue weighted by Crippen LogP contribution is 2.12. The predicted molar refractivity (Wildman–Crippen MR) is 115 cm³/mol. The van der Waals surface area contributed by atoms with E-state index in [0.29, 0.717) is 30.0 Å². The highest BCUT2D eigenvalue weighted by Gasteiger charge is 2.15. The highest BCUT2D eigenvalue weighted by atomic mass is 16.2. The second kappa shape index (κ2) is 8.90. The molecule has 0 radical (unpaired) electrons. The van der Waals surface area contributed by atoms with E-state index in [-0.39, 0.29) is 11.8 Å². The van der Waals surface area contributed by atoms with Crippen LogP contribution < -0.4 is 5.32 Å². The van der Waals surface area contributed by atoms with Gasteiger partial charge in [0.25, 0.3) is 11.8 Å². The Kier molecular flexibility index (Phi) is 6.30. The maximum absolute atomic E-state index is 12.6. The van der Waals surface area contributed by atoms with Crippen molar-refractivity contribution >= 4 is 11.8 Å². The van der Waals surface area contributed by atoms with Gasteiger partial charge in [-0.3, -0.25) is 14.3 Å². The molecule has 156 valence electrons. The number of aryl methyl sites for hydroxylation is 3. The van der Waals surface area contributed by atoms with E-state index in [4.69, 9.17) is 0 Å². The van der Waals surface area contributed by atoms with Crippen molar-refractivity contribution in [3.63, 3.8) is 0 Å². The van der Waals surface area contributed by atoms with Crippen LogP contribution in [0.3, 0.4) is 0 Å². The van der Waals surface area contributed by atoms with Gasteiger partial charge in [0.1, 0.15) is 5.69 Å². The largest absolute Gasteiger partial charge is 0.348 e. The summed E-state index contributed by atoms with van der Waals surface area (Å²) in [5, 5.41) is 7.44. The molecule has 2 amide bonds. The molecule has 0 atom stereocenters. The van der Waals surface area contributed by atoms with Crippen LogP contribution in [0.25, 0.3) is 0 Å². The first-order valence-corrected chi connectivity index (χ1v) is 9.81. The summed E-state index contributed by atoms with van der Waals surface area (Å²) in [6.45, 7) is 6.84. The van der Waals surface area contributed by atoms with Gasteiger partial charge in [0.05, 0.1) is 23.5 Å². The lowest BCUT2D eigenvalue weighted by Gasteiger charge is -2.12. The molecule has 3 rings (SSSR count). The zero-order chi connectivity index (χ0) is 21.8. The van der Waals surface area contributed by atoms with Crippen LogP contribution in [0.5, 0.6) is 0 Å². The monoisotopic (exact) mass is 405 g/mol. The van der Waals surface area contributed by atoms with E-state index in [1.165, 1.54) is 4.90 Å². The molecular weight excluding hydrogens is 378 g/mol. The number of aromatic nitrogens is 3. The van der Waals surface area contributed by atoms with Gasteiger partial charge in [-0.15, -0.1) is 0 Å². The molecule has 0 fully saturated rings. The Hall–Kier alpha value is -3.48. The van der Waals surface area contributed by atoms with Crippen molar-refractivity contribution < 1.29 is 9.59 Å². The number of carbonyl (C=O) groups excluding carboxylic acids is 2. The molecule has 3 aromatic rings. The van der Waals surface area contributed by atoms with E-state index >= 15 is 0 Å². The number of amides is 2. The van der Waals surface area contributed by atoms with Crippen LogP contribution in [0.4, 0.5) is 0 Å². The predicted octanol–water partition coefficient (Wildman–Crippen LogP) is 2.88. The van der Waals surface area contributed by atoms with Crippen LogP contribution in [0, 0.1) is 20.8 Å². The fourth-order valence-corrected chi connectivity index (χ4v) is 3.27. The molecule has 7 heteroatoms. The highest BCUT2D eigenvalue weighted by molar-refractivity contribution is 5.97. The third kappa shape index (κ3) is 4.92. The molecule has 7 nitrogen and oxygen atoms in total. The number of rotatable bonds is 6. The van der Waals surface area contributed by atoms with Gasteiger partial charge in [0.2, 0.25) is 0 Å². The van der Waals surface area contributed by atoms with Crippen molar-refractivity contribution in [2.75, 3.05) is 14.1 Å². The van der Waals surface area contributed by atoms with Crippen LogP contribution in [0.1, 0.15) is 49.1 Å². The van der Waals surface area contributed by atoms with Gasteiger partial charge in [-0.1, -0.05) is 24.3 Å². The number of nitrogens with zero attached hydrogens (tertiary/aromatic N) is 4. The number of hydrogen-bond donors (Lipinski definition) is 1. The van der Waals surface area contributed by atoms with E-state index in [9.17, 15) is 9.59 Å². The molecule has 0 saturated heterocycles. The fraction of sp³-hybridized carbons (Fsp3) is 0.304. The van der Waals surface area contributed by atoms with Gasteiger partial charge < -0.3 is 10.2 Å². The molecule has 0 aliphatic heterocycles. The normalized spacial score (nSPS) is 10.7. The zero-order valence-corrected chi connectivity index (χ0v) is 18.1. The zero-order valence-electron chi connectivity index (χ0n) is 18.1. The van der Waals surface area contributed by atoms with E-state index < -0.39 is 0 Å². The molecule has 0 aliphatic rings. The van der Waals surface area contributed by atoms with E-state index in [0.717, 1.165) is 22.5 Å². The van der Waals surface area contributed by atoms with Gasteiger partial charge in [0.15, 0.2) is 0 Å². The molecular formula is C23H27N5O2. The third-order valence-electron chi connectivity index (χ3n) is 4.84. The summed E-state index contributed by atoms with van der Waals surface area (Å²) in [6.07, 6.45) is 0. The number of benzene rings is 1. The molecule has 30 heavy (non-hydrogen) atoms. The Balaban J connectivity index is 1.66. The number of pyridine rings is 1. The quantitative estimate of drug-likeness (QED) is 0.684. The molecule has 2 aromatic heterocycles. The summed E-state index contributed by atoms with van der Waals surface area (Å²) in [5.74, 6) is -0.405. The smallest absolute Gasteiger partial charge is 0.271 e.